The molecule has 0 unspecified atom stereocenters. The lowest BCUT2D eigenvalue weighted by atomic mass is 10.2. The zero-order chi connectivity index (χ0) is 17.6. The summed E-state index contributed by atoms with van der Waals surface area (Å²) in [6, 6.07) is 16.4. The maximum absolute atomic E-state index is 12.2. The van der Waals surface area contributed by atoms with Crippen LogP contribution >= 0.6 is 0 Å². The van der Waals surface area contributed by atoms with Gasteiger partial charge >= 0.3 is 11.8 Å². The summed E-state index contributed by atoms with van der Waals surface area (Å²) in [4.78, 5) is 23.2. The molecular formula is C18H16N4O3. The maximum atomic E-state index is 12.2. The highest BCUT2D eigenvalue weighted by molar-refractivity contribution is 6.01. The highest BCUT2D eigenvalue weighted by Gasteiger charge is 2.15. The minimum atomic E-state index is -0.487. The van der Waals surface area contributed by atoms with Gasteiger partial charge in [-0.15, -0.1) is 10.2 Å². The van der Waals surface area contributed by atoms with Gasteiger partial charge in [0.05, 0.1) is 6.42 Å². The fourth-order valence-corrected chi connectivity index (χ4v) is 2.21. The standard InChI is InChI=1S/C18H16N4O3/c1-12(23)19-14-7-9-15(10-8-14)20-17(24)18-22-21-16(25-18)11-13-5-3-2-4-6-13/h2-10H,11H2,1H3,(H,19,23)(H,20,24). The fourth-order valence-electron chi connectivity index (χ4n) is 2.21. The molecule has 0 saturated heterocycles. The van der Waals surface area contributed by atoms with Gasteiger partial charge in [-0.25, -0.2) is 0 Å². The van der Waals surface area contributed by atoms with Crippen molar-refractivity contribution in [2.75, 3.05) is 10.6 Å². The van der Waals surface area contributed by atoms with Crippen LogP contribution < -0.4 is 10.6 Å². The molecule has 0 bridgehead atoms. The number of hydrogen-bond acceptors (Lipinski definition) is 5. The number of amides is 2. The highest BCUT2D eigenvalue weighted by atomic mass is 16.4. The minimum Gasteiger partial charge on any atom is -0.417 e. The largest absolute Gasteiger partial charge is 0.417 e. The lowest BCUT2D eigenvalue weighted by Gasteiger charge is -2.05. The molecule has 3 rings (SSSR count). The van der Waals surface area contributed by atoms with Crippen LogP contribution in [-0.4, -0.2) is 22.0 Å². The van der Waals surface area contributed by atoms with E-state index in [-0.39, 0.29) is 11.8 Å². The van der Waals surface area contributed by atoms with Crippen LogP contribution in [0.2, 0.25) is 0 Å². The van der Waals surface area contributed by atoms with Crippen molar-refractivity contribution in [1.29, 1.82) is 0 Å². The monoisotopic (exact) mass is 336 g/mol. The van der Waals surface area contributed by atoms with Gasteiger partial charge in [-0.05, 0) is 29.8 Å². The summed E-state index contributed by atoms with van der Waals surface area (Å²) in [7, 11) is 0. The van der Waals surface area contributed by atoms with E-state index >= 15 is 0 Å². The summed E-state index contributed by atoms with van der Waals surface area (Å²) in [5.74, 6) is -0.373. The van der Waals surface area contributed by atoms with Crippen molar-refractivity contribution in [3.63, 3.8) is 0 Å². The first-order valence-corrected chi connectivity index (χ1v) is 7.65. The minimum absolute atomic E-state index is 0.100. The predicted molar refractivity (Wildman–Crippen MR) is 92.2 cm³/mol. The van der Waals surface area contributed by atoms with E-state index in [1.807, 2.05) is 30.3 Å². The van der Waals surface area contributed by atoms with Crippen molar-refractivity contribution in [2.45, 2.75) is 13.3 Å². The highest BCUT2D eigenvalue weighted by Crippen LogP contribution is 2.15. The third-order valence-corrected chi connectivity index (χ3v) is 3.32. The van der Waals surface area contributed by atoms with Crippen LogP contribution in [0.1, 0.15) is 29.1 Å². The van der Waals surface area contributed by atoms with Crippen LogP contribution in [0.5, 0.6) is 0 Å². The molecule has 0 fully saturated rings. The molecule has 2 amide bonds. The van der Waals surface area contributed by atoms with Gasteiger partial charge in [0.1, 0.15) is 0 Å². The van der Waals surface area contributed by atoms with Crippen molar-refractivity contribution in [3.05, 3.63) is 71.9 Å². The molecule has 0 saturated carbocycles. The summed E-state index contributed by atoms with van der Waals surface area (Å²) in [5, 5.41) is 13.0. The Morgan fingerprint density at radius 3 is 2.20 bits per heavy atom. The third-order valence-electron chi connectivity index (χ3n) is 3.32. The Morgan fingerprint density at radius 2 is 1.56 bits per heavy atom. The van der Waals surface area contributed by atoms with Gasteiger partial charge in [-0.3, -0.25) is 9.59 Å². The van der Waals surface area contributed by atoms with E-state index in [2.05, 4.69) is 20.8 Å². The molecule has 0 atom stereocenters. The third kappa shape index (κ3) is 4.51. The van der Waals surface area contributed by atoms with Crippen LogP contribution in [-0.2, 0) is 11.2 Å². The molecular weight excluding hydrogens is 320 g/mol. The van der Waals surface area contributed by atoms with Gasteiger partial charge in [0.2, 0.25) is 11.8 Å². The molecule has 7 heteroatoms. The van der Waals surface area contributed by atoms with E-state index in [1.54, 1.807) is 24.3 Å². The van der Waals surface area contributed by atoms with Crippen molar-refractivity contribution in [1.82, 2.24) is 10.2 Å². The number of benzene rings is 2. The average molecular weight is 336 g/mol. The second-order valence-electron chi connectivity index (χ2n) is 5.38. The smallest absolute Gasteiger partial charge is 0.313 e. The Hall–Kier alpha value is -3.48. The van der Waals surface area contributed by atoms with Gasteiger partial charge in [0, 0.05) is 18.3 Å². The number of nitrogens with zero attached hydrogens (tertiary/aromatic N) is 2. The van der Waals surface area contributed by atoms with Crippen molar-refractivity contribution >= 4 is 23.2 Å². The Kier molecular flexibility index (Phi) is 4.84. The zero-order valence-electron chi connectivity index (χ0n) is 13.5. The topological polar surface area (TPSA) is 97.1 Å². The van der Waals surface area contributed by atoms with Crippen LogP contribution in [0.3, 0.4) is 0 Å². The summed E-state index contributed by atoms with van der Waals surface area (Å²) >= 11 is 0. The summed E-state index contributed by atoms with van der Waals surface area (Å²) in [5.41, 5.74) is 2.22. The molecule has 126 valence electrons. The van der Waals surface area contributed by atoms with E-state index in [0.717, 1.165) is 5.56 Å². The first-order chi connectivity index (χ1) is 12.1. The molecule has 0 aliphatic carbocycles. The number of aromatic nitrogens is 2. The van der Waals surface area contributed by atoms with Crippen LogP contribution in [0.4, 0.5) is 11.4 Å². The second kappa shape index (κ2) is 7.39. The molecule has 25 heavy (non-hydrogen) atoms. The molecule has 2 N–H and O–H groups in total. The zero-order valence-corrected chi connectivity index (χ0v) is 13.5. The quantitative estimate of drug-likeness (QED) is 0.747. The van der Waals surface area contributed by atoms with Crippen molar-refractivity contribution < 1.29 is 14.0 Å². The van der Waals surface area contributed by atoms with Crippen molar-refractivity contribution in [3.8, 4) is 0 Å². The molecule has 2 aromatic carbocycles. The summed E-state index contributed by atoms with van der Waals surface area (Å²) < 4.78 is 5.41. The number of hydrogen-bond donors (Lipinski definition) is 2. The predicted octanol–water partition coefficient (Wildman–Crippen LogP) is 2.87. The first-order valence-electron chi connectivity index (χ1n) is 7.65. The SMILES string of the molecule is CC(=O)Nc1ccc(NC(=O)c2nnc(Cc3ccccc3)o2)cc1. The number of carbonyl (C=O) groups is 2. The summed E-state index contributed by atoms with van der Waals surface area (Å²) in [6.07, 6.45) is 0.465. The summed E-state index contributed by atoms with van der Waals surface area (Å²) in [6.45, 7) is 1.43. The fraction of sp³-hybridized carbons (Fsp3) is 0.111. The van der Waals surface area contributed by atoms with E-state index in [9.17, 15) is 9.59 Å². The molecule has 0 aliphatic heterocycles. The maximum Gasteiger partial charge on any atom is 0.313 e. The van der Waals surface area contributed by atoms with Gasteiger partial charge in [0.15, 0.2) is 0 Å². The van der Waals surface area contributed by atoms with Gasteiger partial charge in [-0.2, -0.15) is 0 Å². The Bertz CT molecular complexity index is 873. The van der Waals surface area contributed by atoms with E-state index in [0.29, 0.717) is 23.7 Å². The van der Waals surface area contributed by atoms with Gasteiger partial charge < -0.3 is 15.1 Å². The number of rotatable bonds is 5. The normalized spacial score (nSPS) is 10.3. The molecule has 0 aliphatic rings. The number of nitrogens with one attached hydrogen (secondary N) is 2. The Balaban J connectivity index is 1.62. The molecule has 0 spiro atoms. The number of carbonyl (C=O) groups excluding carboxylic acids is 2. The Morgan fingerprint density at radius 1 is 0.920 bits per heavy atom. The molecule has 1 heterocycles. The van der Waals surface area contributed by atoms with Crippen LogP contribution in [0, 0.1) is 0 Å². The lowest BCUT2D eigenvalue weighted by Crippen LogP contribution is -2.12. The van der Waals surface area contributed by atoms with E-state index in [1.165, 1.54) is 6.92 Å². The molecule has 1 aromatic heterocycles. The number of anilines is 2. The van der Waals surface area contributed by atoms with Gasteiger partial charge in [-0.1, -0.05) is 30.3 Å². The van der Waals surface area contributed by atoms with Crippen LogP contribution in [0.25, 0.3) is 0 Å². The van der Waals surface area contributed by atoms with Gasteiger partial charge in [0.25, 0.3) is 0 Å². The van der Waals surface area contributed by atoms with Crippen molar-refractivity contribution in [2.24, 2.45) is 0 Å². The average Bonchev–Trinajstić information content (AvgIpc) is 3.06. The van der Waals surface area contributed by atoms with Crippen LogP contribution in [0.15, 0.2) is 59.0 Å². The Labute approximate surface area is 144 Å². The lowest BCUT2D eigenvalue weighted by molar-refractivity contribution is -0.114. The molecule has 3 aromatic rings. The second-order valence-corrected chi connectivity index (χ2v) is 5.38. The van der Waals surface area contributed by atoms with E-state index in [4.69, 9.17) is 4.42 Å². The van der Waals surface area contributed by atoms with E-state index < -0.39 is 5.91 Å². The first kappa shape index (κ1) is 16.4. The molecule has 0 radical (unpaired) electrons. The molecule has 7 nitrogen and oxygen atoms in total.